The largest absolute Gasteiger partial charge is 0.497 e. The second-order valence-corrected chi connectivity index (χ2v) is 6.92. The molecule has 0 unspecified atom stereocenters. The Bertz CT molecular complexity index is 1190. The van der Waals surface area contributed by atoms with Crippen LogP contribution in [0.1, 0.15) is 21.8 Å². The monoisotopic (exact) mass is 428 g/mol. The van der Waals surface area contributed by atoms with Gasteiger partial charge in [0.2, 0.25) is 0 Å². The molecule has 0 atom stereocenters. The van der Waals surface area contributed by atoms with E-state index in [4.69, 9.17) is 25.6 Å². The summed E-state index contributed by atoms with van der Waals surface area (Å²) < 4.78 is 20.6. The fourth-order valence-electron chi connectivity index (χ4n) is 2.82. The Kier molecular flexibility index (Phi) is 5.53. The number of aromatic nitrogens is 3. The number of carbonyl (C=O) groups is 1. The number of fused-ring (bicyclic) bond motifs is 1. The Morgan fingerprint density at radius 2 is 1.93 bits per heavy atom. The lowest BCUT2D eigenvalue weighted by atomic mass is 10.2. The van der Waals surface area contributed by atoms with Crippen LogP contribution in [0.5, 0.6) is 11.5 Å². The highest BCUT2D eigenvalue weighted by Gasteiger charge is 2.18. The lowest BCUT2D eigenvalue weighted by Gasteiger charge is -2.15. The summed E-state index contributed by atoms with van der Waals surface area (Å²) in [5, 5.41) is 11.8. The summed E-state index contributed by atoms with van der Waals surface area (Å²) in [6.45, 7) is 0.438. The molecule has 9 nitrogen and oxygen atoms in total. The van der Waals surface area contributed by atoms with E-state index >= 15 is 0 Å². The van der Waals surface area contributed by atoms with Gasteiger partial charge in [0.25, 0.3) is 5.91 Å². The summed E-state index contributed by atoms with van der Waals surface area (Å²) >= 11 is 6.15. The molecule has 154 valence electrons. The molecule has 0 spiro atoms. The lowest BCUT2D eigenvalue weighted by molar-refractivity contribution is 0.0774. The Labute approximate surface area is 176 Å². The number of hydrogen-bond donors (Lipinski definition) is 0. The van der Waals surface area contributed by atoms with Crippen molar-refractivity contribution in [1.29, 1.82) is 0 Å². The molecular formula is C20H17ClN4O5. The van der Waals surface area contributed by atoms with Crippen molar-refractivity contribution in [2.24, 2.45) is 0 Å². The molecule has 0 aliphatic rings. The molecule has 0 saturated heterocycles. The molecule has 1 amide bonds. The van der Waals surface area contributed by atoms with Crippen LogP contribution in [-0.4, -0.2) is 40.4 Å². The number of hydrogen-bond acceptors (Lipinski definition) is 8. The van der Waals surface area contributed by atoms with Crippen molar-refractivity contribution in [3.63, 3.8) is 0 Å². The number of methoxy groups -OCH3 is 1. The van der Waals surface area contributed by atoms with Gasteiger partial charge in [-0.2, -0.15) is 0 Å². The fourth-order valence-corrected chi connectivity index (χ4v) is 3.05. The van der Waals surface area contributed by atoms with Gasteiger partial charge in [-0.05, 0) is 40.1 Å². The van der Waals surface area contributed by atoms with E-state index in [2.05, 4.69) is 20.1 Å². The van der Waals surface area contributed by atoms with Gasteiger partial charge in [-0.3, -0.25) is 4.79 Å². The topological polar surface area (TPSA) is 104 Å². The molecule has 4 aromatic rings. The average molecular weight is 429 g/mol. The van der Waals surface area contributed by atoms with Crippen molar-refractivity contribution in [1.82, 2.24) is 20.4 Å². The Morgan fingerprint density at radius 1 is 1.10 bits per heavy atom. The molecule has 0 bridgehead atoms. The predicted octanol–water partition coefficient (Wildman–Crippen LogP) is 3.72. The highest BCUT2D eigenvalue weighted by Crippen LogP contribution is 2.29. The summed E-state index contributed by atoms with van der Waals surface area (Å²) in [6.07, 6.45) is 0. The third-order valence-corrected chi connectivity index (χ3v) is 4.67. The van der Waals surface area contributed by atoms with Gasteiger partial charge >= 0.3 is 0 Å². The normalized spacial score (nSPS) is 10.9. The second-order valence-electron chi connectivity index (χ2n) is 6.51. The lowest BCUT2D eigenvalue weighted by Crippen LogP contribution is -2.26. The Morgan fingerprint density at radius 3 is 2.73 bits per heavy atom. The summed E-state index contributed by atoms with van der Waals surface area (Å²) in [5.41, 5.74) is 2.36. The van der Waals surface area contributed by atoms with Crippen LogP contribution < -0.4 is 9.47 Å². The first kappa shape index (κ1) is 19.7. The number of nitrogens with zero attached hydrogens (tertiary/aromatic N) is 4. The average Bonchev–Trinajstić information content (AvgIpc) is 3.41. The minimum absolute atomic E-state index is 0.0753. The van der Waals surface area contributed by atoms with E-state index in [-0.39, 0.29) is 18.2 Å². The number of halogens is 1. The minimum atomic E-state index is -0.286. The predicted molar refractivity (Wildman–Crippen MR) is 106 cm³/mol. The van der Waals surface area contributed by atoms with Crippen LogP contribution in [0.3, 0.4) is 0 Å². The van der Waals surface area contributed by atoms with E-state index in [9.17, 15) is 4.79 Å². The van der Waals surface area contributed by atoms with Crippen molar-refractivity contribution in [2.75, 3.05) is 14.2 Å². The van der Waals surface area contributed by atoms with Crippen LogP contribution in [0.2, 0.25) is 5.02 Å². The first-order chi connectivity index (χ1) is 14.5. The number of amides is 1. The standard InChI is InChI=1S/C20H17ClN4O5/c1-25(10-12-3-5-16-17(7-12)24-30-23-16)20(26)18-9-14(29-22-18)11-28-19-6-4-13(27-2)8-15(19)21/h3-9H,10-11H2,1-2H3. The second kappa shape index (κ2) is 8.42. The van der Waals surface area contributed by atoms with Crippen molar-refractivity contribution in [3.05, 3.63) is 64.5 Å². The van der Waals surface area contributed by atoms with Gasteiger partial charge in [-0.25, -0.2) is 4.63 Å². The maximum atomic E-state index is 12.7. The van der Waals surface area contributed by atoms with Crippen LogP contribution in [0.15, 0.2) is 51.6 Å². The van der Waals surface area contributed by atoms with Crippen molar-refractivity contribution in [2.45, 2.75) is 13.2 Å². The molecule has 2 aromatic carbocycles. The van der Waals surface area contributed by atoms with Crippen LogP contribution in [0, 0.1) is 0 Å². The summed E-state index contributed by atoms with van der Waals surface area (Å²) in [6, 6.07) is 12.1. The maximum absolute atomic E-state index is 12.7. The molecule has 0 N–H and O–H groups in total. The third-order valence-electron chi connectivity index (χ3n) is 4.37. The number of ether oxygens (including phenoxy) is 2. The molecule has 4 rings (SSSR count). The van der Waals surface area contributed by atoms with Gasteiger partial charge in [0.15, 0.2) is 11.5 Å². The number of carbonyl (C=O) groups excluding carboxylic acids is 1. The molecule has 0 fully saturated rings. The highest BCUT2D eigenvalue weighted by molar-refractivity contribution is 6.32. The van der Waals surface area contributed by atoms with Gasteiger partial charge in [-0.15, -0.1) is 0 Å². The first-order valence-electron chi connectivity index (χ1n) is 8.92. The van der Waals surface area contributed by atoms with Crippen LogP contribution in [0.25, 0.3) is 11.0 Å². The third kappa shape index (κ3) is 4.20. The summed E-state index contributed by atoms with van der Waals surface area (Å²) in [5.74, 6) is 1.21. The first-order valence-corrected chi connectivity index (χ1v) is 9.30. The number of rotatable bonds is 7. The molecule has 0 aliphatic carbocycles. The summed E-state index contributed by atoms with van der Waals surface area (Å²) in [7, 11) is 3.23. The molecule has 10 heteroatoms. The zero-order chi connectivity index (χ0) is 21.1. The van der Waals surface area contributed by atoms with Gasteiger partial charge < -0.3 is 18.9 Å². The number of benzene rings is 2. The van der Waals surface area contributed by atoms with Crippen molar-refractivity contribution in [3.8, 4) is 11.5 Å². The molecule has 2 heterocycles. The molecule has 0 aliphatic heterocycles. The van der Waals surface area contributed by atoms with Crippen LogP contribution in [0.4, 0.5) is 0 Å². The fraction of sp³-hybridized carbons (Fsp3) is 0.200. The zero-order valence-electron chi connectivity index (χ0n) is 16.2. The summed E-state index contributed by atoms with van der Waals surface area (Å²) in [4.78, 5) is 14.2. The Hall–Kier alpha value is -3.59. The molecule has 30 heavy (non-hydrogen) atoms. The van der Waals surface area contributed by atoms with Gasteiger partial charge in [0, 0.05) is 25.7 Å². The van der Waals surface area contributed by atoms with Crippen molar-refractivity contribution >= 4 is 28.5 Å². The van der Waals surface area contributed by atoms with Crippen LogP contribution >= 0.6 is 11.6 Å². The highest BCUT2D eigenvalue weighted by atomic mass is 35.5. The van der Waals surface area contributed by atoms with E-state index in [1.165, 1.54) is 4.90 Å². The van der Waals surface area contributed by atoms with Gasteiger partial charge in [0.05, 0.1) is 12.1 Å². The van der Waals surface area contributed by atoms with E-state index in [1.54, 1.807) is 44.5 Å². The van der Waals surface area contributed by atoms with Crippen LogP contribution in [-0.2, 0) is 13.2 Å². The SMILES string of the molecule is COc1ccc(OCc2cc(C(=O)N(C)Cc3ccc4nonc4c3)no2)c(Cl)c1. The van der Waals surface area contributed by atoms with E-state index in [0.717, 1.165) is 5.56 Å². The maximum Gasteiger partial charge on any atom is 0.276 e. The van der Waals surface area contributed by atoms with E-state index < -0.39 is 0 Å². The van der Waals surface area contributed by atoms with Crippen molar-refractivity contribution < 1.29 is 23.4 Å². The van der Waals surface area contributed by atoms with Gasteiger partial charge in [0.1, 0.15) is 29.1 Å². The molecule has 0 saturated carbocycles. The van der Waals surface area contributed by atoms with E-state index in [0.29, 0.717) is 39.9 Å². The van der Waals surface area contributed by atoms with Gasteiger partial charge in [-0.1, -0.05) is 22.8 Å². The molecule has 2 aromatic heterocycles. The quantitative estimate of drug-likeness (QED) is 0.438. The van der Waals surface area contributed by atoms with E-state index in [1.807, 2.05) is 12.1 Å². The molecular weight excluding hydrogens is 412 g/mol. The smallest absolute Gasteiger partial charge is 0.276 e. The molecule has 0 radical (unpaired) electrons. The minimum Gasteiger partial charge on any atom is -0.497 e. The zero-order valence-corrected chi connectivity index (χ0v) is 16.9. The Balaban J connectivity index is 1.38.